The molecular formula is C28H45NO4. The zero-order valence-electron chi connectivity index (χ0n) is 20.7. The smallest absolute Gasteiger partial charge is 0.162 e. The fourth-order valence-corrected chi connectivity index (χ4v) is 9.73. The summed E-state index contributed by atoms with van der Waals surface area (Å²) in [4.78, 5) is 16.0. The zero-order valence-corrected chi connectivity index (χ0v) is 20.7. The van der Waals surface area contributed by atoms with E-state index in [4.69, 9.17) is 9.47 Å². The topological polar surface area (TPSA) is 59.0 Å². The molecule has 8 atom stereocenters. The number of aliphatic hydroxyl groups is 1. The van der Waals surface area contributed by atoms with E-state index in [1.54, 1.807) is 0 Å². The van der Waals surface area contributed by atoms with Gasteiger partial charge in [0, 0.05) is 30.4 Å². The van der Waals surface area contributed by atoms with Gasteiger partial charge >= 0.3 is 0 Å². The molecule has 186 valence electrons. The maximum atomic E-state index is 13.3. The van der Waals surface area contributed by atoms with Crippen molar-refractivity contribution in [3.8, 4) is 0 Å². The lowest BCUT2D eigenvalue weighted by atomic mass is 9.42. The minimum absolute atomic E-state index is 0.167. The molecule has 33 heavy (non-hydrogen) atoms. The molecule has 1 N–H and O–H groups in total. The van der Waals surface area contributed by atoms with Gasteiger partial charge in [0.2, 0.25) is 0 Å². The van der Waals surface area contributed by atoms with E-state index in [0.717, 1.165) is 70.6 Å². The van der Waals surface area contributed by atoms with Crippen LogP contribution in [-0.2, 0) is 14.3 Å². The van der Waals surface area contributed by atoms with E-state index >= 15 is 0 Å². The van der Waals surface area contributed by atoms with Gasteiger partial charge in [0.05, 0.1) is 17.8 Å². The van der Waals surface area contributed by atoms with Gasteiger partial charge in [-0.2, -0.15) is 0 Å². The van der Waals surface area contributed by atoms with Crippen molar-refractivity contribution in [2.75, 3.05) is 19.7 Å². The lowest BCUT2D eigenvalue weighted by molar-refractivity contribution is -0.272. The second kappa shape index (κ2) is 8.87. The largest absolute Gasteiger partial charge is 0.390 e. The second-order valence-electron chi connectivity index (χ2n) is 12.3. The molecule has 2 heterocycles. The molecule has 5 unspecified atom stereocenters. The van der Waals surface area contributed by atoms with Crippen LogP contribution in [0.4, 0.5) is 0 Å². The number of ether oxygens (including phenoxy) is 2. The Hall–Kier alpha value is -0.490. The Morgan fingerprint density at radius 1 is 1.15 bits per heavy atom. The Balaban J connectivity index is 1.31. The summed E-state index contributed by atoms with van der Waals surface area (Å²) in [5.74, 6) is 2.01. The van der Waals surface area contributed by atoms with Gasteiger partial charge in [-0.3, -0.25) is 9.69 Å². The van der Waals surface area contributed by atoms with E-state index in [1.807, 2.05) is 0 Å². The first-order valence-corrected chi connectivity index (χ1v) is 14.3. The first-order valence-electron chi connectivity index (χ1n) is 14.3. The van der Waals surface area contributed by atoms with Crippen LogP contribution in [0.15, 0.2) is 0 Å². The van der Waals surface area contributed by atoms with Crippen LogP contribution >= 0.6 is 0 Å². The Morgan fingerprint density at radius 3 is 2.82 bits per heavy atom. The van der Waals surface area contributed by atoms with Crippen molar-refractivity contribution < 1.29 is 19.4 Å². The van der Waals surface area contributed by atoms with E-state index in [-0.39, 0.29) is 34.9 Å². The van der Waals surface area contributed by atoms with Crippen molar-refractivity contribution >= 4 is 5.78 Å². The number of Topliss-reactive ketones (excluding diaryl/α,β-unsaturated/α-hetero) is 1. The number of aliphatic hydroxyl groups excluding tert-OH is 1. The molecule has 5 heteroatoms. The molecule has 1 spiro atoms. The van der Waals surface area contributed by atoms with Gasteiger partial charge in [-0.15, -0.1) is 0 Å². The molecule has 2 bridgehead atoms. The van der Waals surface area contributed by atoms with Crippen molar-refractivity contribution in [3.05, 3.63) is 0 Å². The summed E-state index contributed by atoms with van der Waals surface area (Å²) in [6.45, 7) is 5.27. The van der Waals surface area contributed by atoms with Crippen molar-refractivity contribution in [2.24, 2.45) is 23.2 Å². The van der Waals surface area contributed by atoms with Crippen LogP contribution in [0.2, 0.25) is 0 Å². The molecule has 4 aliphatic carbocycles. The maximum absolute atomic E-state index is 13.3. The molecule has 2 aliphatic heterocycles. The molecule has 0 aromatic heterocycles. The van der Waals surface area contributed by atoms with Crippen molar-refractivity contribution in [2.45, 2.75) is 127 Å². The third-order valence-corrected chi connectivity index (χ3v) is 10.9. The zero-order chi connectivity index (χ0) is 22.6. The fourth-order valence-electron chi connectivity index (χ4n) is 9.73. The minimum atomic E-state index is -0.423. The van der Waals surface area contributed by atoms with Crippen molar-refractivity contribution in [1.82, 2.24) is 4.90 Å². The van der Waals surface area contributed by atoms with Crippen LogP contribution in [-0.4, -0.2) is 65.4 Å². The maximum Gasteiger partial charge on any atom is 0.162 e. The third kappa shape index (κ3) is 3.35. The number of ketones is 1. The monoisotopic (exact) mass is 459 g/mol. The lowest BCUT2D eigenvalue weighted by Crippen LogP contribution is -2.78. The van der Waals surface area contributed by atoms with Crippen LogP contribution in [0.3, 0.4) is 0 Å². The highest BCUT2D eigenvalue weighted by Gasteiger charge is 2.78. The molecule has 6 fully saturated rings. The number of carbonyl (C=O) groups is 1. The van der Waals surface area contributed by atoms with Crippen molar-refractivity contribution in [3.63, 3.8) is 0 Å². The fraction of sp³-hybridized carbons (Fsp3) is 0.964. The summed E-state index contributed by atoms with van der Waals surface area (Å²) in [5.41, 5.74) is -0.504. The number of carbonyl (C=O) groups excluding carboxylic acids is 1. The first-order chi connectivity index (χ1) is 16.1. The Bertz CT molecular complexity index is 737. The quantitative estimate of drug-likeness (QED) is 0.568. The Labute approximate surface area is 200 Å². The highest BCUT2D eigenvalue weighted by atomic mass is 16.5. The minimum Gasteiger partial charge on any atom is -0.390 e. The number of hydrogen-bond acceptors (Lipinski definition) is 5. The van der Waals surface area contributed by atoms with Crippen LogP contribution in [0.25, 0.3) is 0 Å². The van der Waals surface area contributed by atoms with E-state index in [2.05, 4.69) is 11.8 Å². The highest BCUT2D eigenvalue weighted by molar-refractivity contribution is 5.86. The predicted molar refractivity (Wildman–Crippen MR) is 127 cm³/mol. The summed E-state index contributed by atoms with van der Waals surface area (Å²) >= 11 is 0. The van der Waals surface area contributed by atoms with E-state index in [0.29, 0.717) is 18.4 Å². The van der Waals surface area contributed by atoms with Gasteiger partial charge in [0.15, 0.2) is 5.78 Å². The van der Waals surface area contributed by atoms with E-state index in [1.165, 1.54) is 38.5 Å². The number of nitrogens with zero attached hydrogens (tertiary/aromatic N) is 1. The standard InChI is InChI=1S/C28H45NO4/c1-2-15-29-16-14-27-24-20-10-11-21(30)25(24)33-26(27)22(31)12-13-28(27,23(29)18-20)32-17-6-9-19-7-4-3-5-8-19/h19-21,23-26,30H,2-18H2,1H3/t20?,21?,23?,24?,25?,26-,27-,28+/m0/s1. The predicted octanol–water partition coefficient (Wildman–Crippen LogP) is 4.49. The number of rotatable bonds is 7. The van der Waals surface area contributed by atoms with Gasteiger partial charge in [-0.25, -0.2) is 0 Å². The molecule has 4 saturated carbocycles. The summed E-state index contributed by atoms with van der Waals surface area (Å²) in [6, 6.07) is 0.398. The van der Waals surface area contributed by atoms with Gasteiger partial charge in [0.1, 0.15) is 6.10 Å². The highest BCUT2D eigenvalue weighted by Crippen LogP contribution is 2.70. The summed E-state index contributed by atoms with van der Waals surface area (Å²) in [7, 11) is 0. The van der Waals surface area contributed by atoms with Crippen LogP contribution in [0, 0.1) is 23.2 Å². The van der Waals surface area contributed by atoms with Crippen LogP contribution in [0.1, 0.15) is 96.8 Å². The summed E-state index contributed by atoms with van der Waals surface area (Å²) in [6.07, 6.45) is 15.1. The molecule has 0 amide bonds. The van der Waals surface area contributed by atoms with Gasteiger partial charge in [0.25, 0.3) is 0 Å². The van der Waals surface area contributed by atoms with E-state index in [9.17, 15) is 9.90 Å². The normalized spacial score (nSPS) is 47.5. The molecule has 6 rings (SSSR count). The number of likely N-dealkylation sites (tertiary alicyclic amines) is 1. The van der Waals surface area contributed by atoms with Crippen LogP contribution < -0.4 is 0 Å². The van der Waals surface area contributed by atoms with E-state index < -0.39 is 6.10 Å². The summed E-state index contributed by atoms with van der Waals surface area (Å²) in [5, 5.41) is 10.9. The molecule has 0 radical (unpaired) electrons. The molecule has 5 nitrogen and oxygen atoms in total. The Morgan fingerprint density at radius 2 is 2.00 bits per heavy atom. The molecule has 0 aromatic rings. The molecule has 0 aromatic carbocycles. The third-order valence-electron chi connectivity index (χ3n) is 10.9. The Kier molecular flexibility index (Phi) is 6.17. The first kappa shape index (κ1) is 22.9. The summed E-state index contributed by atoms with van der Waals surface area (Å²) < 4.78 is 13.7. The molecule has 6 aliphatic rings. The molecular weight excluding hydrogens is 414 g/mol. The van der Waals surface area contributed by atoms with Gasteiger partial charge in [-0.05, 0) is 76.3 Å². The average molecular weight is 460 g/mol. The average Bonchev–Trinajstić information content (AvgIpc) is 3.19. The number of hydrogen-bond donors (Lipinski definition) is 1. The number of piperidine rings is 1. The van der Waals surface area contributed by atoms with Gasteiger partial charge in [-0.1, -0.05) is 39.0 Å². The lowest BCUT2D eigenvalue weighted by Gasteiger charge is -2.69. The van der Waals surface area contributed by atoms with Crippen molar-refractivity contribution in [1.29, 1.82) is 0 Å². The molecule has 2 saturated heterocycles. The SMILES string of the molecule is CCCN1CC[C@]23C4C5CCC(O)C4O[C@H]2C(=O)CC[C@@]3(OCCCC2CCCCC2)C1C5. The van der Waals surface area contributed by atoms with Crippen LogP contribution in [0.5, 0.6) is 0 Å². The second-order valence-corrected chi connectivity index (χ2v) is 12.3. The van der Waals surface area contributed by atoms with Gasteiger partial charge < -0.3 is 14.6 Å².